The number of carboxylic acid groups (broad SMARTS) is 1. The van der Waals surface area contributed by atoms with Crippen molar-refractivity contribution in [1.29, 1.82) is 0 Å². The Kier molecular flexibility index (Phi) is 43.9. The molecule has 5 heterocycles. The highest BCUT2D eigenvalue weighted by Gasteiger charge is 2.41. The average molecular weight is 1990 g/mol. The van der Waals surface area contributed by atoms with E-state index in [2.05, 4.69) is 101 Å². The first-order valence-corrected chi connectivity index (χ1v) is 48.6. The van der Waals surface area contributed by atoms with E-state index in [0.717, 1.165) is 61.6 Å². The number of benzene rings is 5. The van der Waals surface area contributed by atoms with E-state index < -0.39 is 210 Å². The molecule has 7 aromatic rings. The average Bonchev–Trinajstić information content (AvgIpc) is 1.65. The van der Waals surface area contributed by atoms with E-state index in [1.807, 2.05) is 6.07 Å². The summed E-state index contributed by atoms with van der Waals surface area (Å²) >= 11 is 0. The molecule has 2 fully saturated rings. The number of carboxylic acids is 1. The van der Waals surface area contributed by atoms with Crippen LogP contribution in [0, 0.1) is 0 Å². The highest BCUT2D eigenvalue weighted by molar-refractivity contribution is 8.76. The van der Waals surface area contributed by atoms with Gasteiger partial charge in [0.15, 0.2) is 5.82 Å². The summed E-state index contributed by atoms with van der Waals surface area (Å²) in [5.74, 6) is -17.6. The number of carbonyl (C=O) groups excluding carboxylic acids is 16. The van der Waals surface area contributed by atoms with Crippen molar-refractivity contribution in [2.75, 3.05) is 87.7 Å². The predicted octanol–water partition coefficient (Wildman–Crippen LogP) is -3.35. The van der Waals surface area contributed by atoms with Gasteiger partial charge in [-0.1, -0.05) is 143 Å². The highest BCUT2D eigenvalue weighted by Crippen LogP contribution is 2.37. The molecule has 0 saturated carbocycles. The molecule has 3 aliphatic rings. The number of H-pyrrole nitrogens is 1. The molecule has 758 valence electrons. The number of nitrogens with one attached hydrogen (secondary N) is 15. The van der Waals surface area contributed by atoms with Gasteiger partial charge in [-0.25, -0.2) is 9.78 Å². The van der Waals surface area contributed by atoms with Crippen LogP contribution >= 0.6 is 21.6 Å². The van der Waals surface area contributed by atoms with Gasteiger partial charge in [0, 0.05) is 86.7 Å². The normalized spacial score (nSPS) is 22.7. The maximum atomic E-state index is 15.4. The number of unbranched alkanes of at least 4 members (excludes halogenated alkanes) is 2. The lowest BCUT2D eigenvalue weighted by Gasteiger charge is -2.33. The Morgan fingerprint density at radius 2 is 0.950 bits per heavy atom. The maximum absolute atomic E-state index is 15.4. The number of rotatable bonds is 28. The molecule has 10 rings (SSSR count). The fraction of sp³-hybridized carbons (Fsp3) is 0.432. The third-order valence-electron chi connectivity index (χ3n) is 23.1. The number of hydrogen-bond acceptors (Lipinski definition) is 28. The number of aliphatic hydroxyl groups is 3. The maximum Gasteiger partial charge on any atom is 0.327 e. The number of para-hydroxylation sites is 2. The largest absolute Gasteiger partial charge is 0.480 e. The van der Waals surface area contributed by atoms with Crippen molar-refractivity contribution >= 4 is 150 Å². The summed E-state index contributed by atoms with van der Waals surface area (Å²) in [4.78, 5) is 253. The van der Waals surface area contributed by atoms with Gasteiger partial charge in [0.25, 0.3) is 5.91 Å². The van der Waals surface area contributed by atoms with Gasteiger partial charge in [0.05, 0.1) is 61.3 Å². The lowest BCUT2D eigenvalue weighted by molar-refractivity contribution is -0.142. The molecule has 5 aromatic carbocycles. The molecule has 15 atom stereocenters. The smallest absolute Gasteiger partial charge is 0.327 e. The van der Waals surface area contributed by atoms with Crippen LogP contribution in [0.5, 0.6) is 0 Å². The van der Waals surface area contributed by atoms with E-state index in [0.29, 0.717) is 68.9 Å². The van der Waals surface area contributed by atoms with E-state index >= 15 is 14.4 Å². The number of hydrogen-bond donors (Lipinski definition) is 23. The number of aromatic nitrogens is 2. The van der Waals surface area contributed by atoms with Crippen molar-refractivity contribution in [1.82, 2.24) is 88.9 Å². The second-order valence-electron chi connectivity index (χ2n) is 34.2. The fourth-order valence-corrected chi connectivity index (χ4v) is 17.6. The minimum Gasteiger partial charge on any atom is -0.480 e. The number of pyridine rings is 1. The fourth-order valence-electron chi connectivity index (χ4n) is 15.3. The first-order valence-electron chi connectivity index (χ1n) is 46.1. The Morgan fingerprint density at radius 3 is 1.47 bits per heavy atom. The summed E-state index contributed by atoms with van der Waals surface area (Å²) in [7, 11) is 3.58. The topological polar surface area (TPSA) is 682 Å². The highest BCUT2D eigenvalue weighted by atomic mass is 33.1. The van der Waals surface area contributed by atoms with Gasteiger partial charge in [0.1, 0.15) is 72.5 Å². The Hall–Kier alpha value is -13.8. The Balaban J connectivity index is 0.000000725. The third kappa shape index (κ3) is 34.3. The van der Waals surface area contributed by atoms with Crippen LogP contribution in [0.4, 0.5) is 17.2 Å². The monoisotopic (exact) mass is 1990 g/mol. The van der Waals surface area contributed by atoms with Gasteiger partial charge in [0.2, 0.25) is 88.6 Å². The summed E-state index contributed by atoms with van der Waals surface area (Å²) in [6.07, 6.45) is -1.84. The number of amides is 16. The first-order chi connectivity index (χ1) is 67.5. The minimum atomic E-state index is -1.99. The molecule has 16 amide bonds. The zero-order chi connectivity index (χ0) is 102. The van der Waals surface area contributed by atoms with E-state index in [1.54, 1.807) is 163 Å². The number of aromatic amines is 1. The molecule has 27 N–H and O–H groups in total. The zero-order valence-electron chi connectivity index (χ0n) is 78.4. The van der Waals surface area contributed by atoms with Crippen molar-refractivity contribution in [2.24, 2.45) is 22.9 Å². The van der Waals surface area contributed by atoms with Crippen LogP contribution in [0.2, 0.25) is 0 Å². The quantitative estimate of drug-likeness (QED) is 0.0168. The molecule has 44 nitrogen and oxygen atoms in total. The summed E-state index contributed by atoms with van der Waals surface area (Å²) < 4.78 is 0. The minimum absolute atomic E-state index is 0.0848. The number of aliphatic hydroxyl groups excluding tert-OH is 3. The molecule has 0 spiro atoms. The van der Waals surface area contributed by atoms with Crippen LogP contribution < -0.4 is 102 Å². The Bertz CT molecular complexity index is 5470. The molecule has 141 heavy (non-hydrogen) atoms. The molecule has 2 aromatic heterocycles. The van der Waals surface area contributed by atoms with Crippen LogP contribution in [-0.4, -0.2) is 309 Å². The number of anilines is 3. The number of nitrogens with zero attached hydrogens (tertiary/aromatic N) is 4. The van der Waals surface area contributed by atoms with Crippen LogP contribution in [0.3, 0.4) is 0 Å². The van der Waals surface area contributed by atoms with Gasteiger partial charge in [-0.3, -0.25) is 86.5 Å². The molecular formula is C95H125N23O21S2. The zero-order valence-corrected chi connectivity index (χ0v) is 80.1. The SMILES string of the molecule is CC(O)[C@@H]1NC(=O)[C@H](Cc2ccccc2)NC(=O)[C@H](C(C)O)NC(=O)[C@H](CCCCN)NC(=O)[C@H](Cc2c[nH]c3ccccc23)NC(=O)[C@H](Cc2ccccc2)NC(=O)[C@H](Cc2ccccc2)NC(=O)[C@H](CC(N)=O)NC(=O)[C@H](CCCCN)NC(=O)[C@@H](NC(=O)CNC(=O)[C@H](C)N)CSSC[C@@H](C(=O)O)NC(=O)[C@H](CO)NC1=O.CN1CCN(CC(=O)N2c3ccccc3C(=O)Nc3cccnc32)CC1. The van der Waals surface area contributed by atoms with Crippen molar-refractivity contribution in [2.45, 2.75) is 182 Å². The Morgan fingerprint density at radius 1 is 0.504 bits per heavy atom. The van der Waals surface area contributed by atoms with Crippen molar-refractivity contribution in [3.8, 4) is 0 Å². The molecular weight excluding hydrogens is 1860 g/mol. The number of fused-ring (bicyclic) bond motifs is 3. The van der Waals surface area contributed by atoms with Crippen molar-refractivity contribution in [3.05, 3.63) is 192 Å². The van der Waals surface area contributed by atoms with Gasteiger partial charge in [-0.05, 0) is 132 Å². The van der Waals surface area contributed by atoms with Gasteiger partial charge in [-0.2, -0.15) is 0 Å². The summed E-state index contributed by atoms with van der Waals surface area (Å²) in [6.45, 7) is 5.76. The van der Waals surface area contributed by atoms with Crippen LogP contribution in [-0.2, 0) is 102 Å². The van der Waals surface area contributed by atoms with Crippen LogP contribution in [0.25, 0.3) is 10.9 Å². The van der Waals surface area contributed by atoms with Crippen LogP contribution in [0.15, 0.2) is 164 Å². The van der Waals surface area contributed by atoms with E-state index in [1.165, 1.54) is 6.92 Å². The molecule has 0 radical (unpaired) electrons. The molecule has 2 saturated heterocycles. The molecule has 46 heteroatoms. The number of piperazine rings is 1. The molecule has 0 aliphatic carbocycles. The first kappa shape index (κ1) is 111. The molecule has 0 bridgehead atoms. The third-order valence-corrected chi connectivity index (χ3v) is 25.5. The summed E-state index contributed by atoms with van der Waals surface area (Å²) in [5, 5.41) is 78.9. The van der Waals surface area contributed by atoms with Crippen LogP contribution in [0.1, 0.15) is 98.3 Å². The van der Waals surface area contributed by atoms with Gasteiger partial charge < -0.3 is 128 Å². The van der Waals surface area contributed by atoms with Crippen molar-refractivity contribution < 1.29 is 102 Å². The predicted molar refractivity (Wildman–Crippen MR) is 525 cm³/mol. The van der Waals surface area contributed by atoms with Gasteiger partial charge in [-0.15, -0.1) is 0 Å². The number of carbonyl (C=O) groups is 17. The van der Waals surface area contributed by atoms with E-state index in [9.17, 15) is 87.5 Å². The second kappa shape index (κ2) is 55.8. The second-order valence-corrected chi connectivity index (χ2v) is 36.8. The van der Waals surface area contributed by atoms with E-state index in [-0.39, 0.29) is 82.7 Å². The lowest BCUT2D eigenvalue weighted by Crippen LogP contribution is -2.63. The lowest BCUT2D eigenvalue weighted by atomic mass is 10.00. The molecule has 2 unspecified atom stereocenters. The van der Waals surface area contributed by atoms with E-state index in [4.69, 9.17) is 22.9 Å². The number of likely N-dealkylation sites (N-methyl/N-ethyl adjacent to an activating group) is 1. The van der Waals surface area contributed by atoms with Gasteiger partial charge >= 0.3 is 5.97 Å². The number of primary amides is 1. The standard InChI is InChI=1S/C76H104N18O19S2.C19H21N5O2/c1-41(79)64(100)82-37-61(99)83-58-39-114-115-40-59(76(112)113)92-72(108)57(38-95)91-75(111)63(43(3)97)94-71(107)54(33-46-23-11-6-12-24-46)90-74(110)62(42(2)96)93-66(102)51(28-16-18-30-78)84-69(105)55(34-47-36-81-49-26-14-13-25-48(47)49)88-68(104)53(32-45-21-9-5-10-22-45)86-67(103)52(31-44-19-7-4-8-20-44)87-70(106)56(35-60(80)98)89-65(101)50(85-73(58)109)27-15-17-29-77;1-22-9-11-23(12-10-22)13-17(25)24-16-7-3-2-5-14(16)19(26)21-15-6-4-8-20-18(15)24/h4-14,19-26,36,41-43,50-59,62-63,81,95-97H,15-18,27-35,37-40,77-79H2,1-3H3,(H2,80,98)(H,82,100)(H,83,99)(H,84,105)(H,85,109)(H,86,103)(H,87,106)(H,88,104)(H,89,101)(H,90,110)(H,91,111)(H,92,108)(H,93,102)(H,94,107)(H,112,113);2-8H,9-13H2,1H3,(H,21,26)/t41-,42?,43?,50-,51-,52-,53-,54-,55-,56-,57-,58-,59-,62-,63-;/m0./s1. The number of nitrogens with two attached hydrogens (primary N) is 4. The Labute approximate surface area is 821 Å². The molecule has 3 aliphatic heterocycles. The van der Waals surface area contributed by atoms with Crippen molar-refractivity contribution in [3.63, 3.8) is 0 Å². The summed E-state index contributed by atoms with van der Waals surface area (Å²) in [6, 6.07) is 20.2. The summed E-state index contributed by atoms with van der Waals surface area (Å²) in [5.41, 5.74) is 27.2. The number of aliphatic carboxylic acids is 1.